The number of benzene rings is 1. The number of nitrogens with zero attached hydrogens (tertiary/aromatic N) is 2. The minimum absolute atomic E-state index is 0.0377. The monoisotopic (exact) mass is 436 g/mol. The molecular formula is C21H23F3N4O3. The first-order valence-electron chi connectivity index (χ1n) is 9.81. The number of carbonyl (C=O) groups is 2. The van der Waals surface area contributed by atoms with E-state index < -0.39 is 18.8 Å². The molecular weight excluding hydrogens is 413 g/mol. The molecule has 7 nitrogen and oxygen atoms in total. The van der Waals surface area contributed by atoms with Crippen molar-refractivity contribution in [2.75, 3.05) is 13.2 Å². The van der Waals surface area contributed by atoms with Crippen molar-refractivity contribution in [2.24, 2.45) is 0 Å². The molecule has 1 aromatic carbocycles. The normalized spacial score (nSPS) is 13.9. The summed E-state index contributed by atoms with van der Waals surface area (Å²) >= 11 is 0. The van der Waals surface area contributed by atoms with Gasteiger partial charge in [0.05, 0.1) is 0 Å². The van der Waals surface area contributed by atoms with Crippen LogP contribution in [0.25, 0.3) is 0 Å². The number of urea groups is 1. The predicted molar refractivity (Wildman–Crippen MR) is 106 cm³/mol. The average Bonchev–Trinajstić information content (AvgIpc) is 3.14. The molecule has 0 aliphatic carbocycles. The van der Waals surface area contributed by atoms with Crippen molar-refractivity contribution in [1.29, 1.82) is 0 Å². The number of hydrogen-bond acceptors (Lipinski definition) is 4. The Morgan fingerprint density at radius 3 is 2.65 bits per heavy atom. The summed E-state index contributed by atoms with van der Waals surface area (Å²) in [5.41, 5.74) is 2.19. The topological polar surface area (TPSA) is 83.6 Å². The number of alkyl halides is 3. The van der Waals surface area contributed by atoms with Crippen molar-refractivity contribution in [3.05, 3.63) is 59.3 Å². The van der Waals surface area contributed by atoms with Gasteiger partial charge in [-0.1, -0.05) is 30.3 Å². The standard InChI is InChI=1S/C21H23F3N4O3/c22-21(23,24)14-31-19-17(6-2-8-25-19)12-27-20(30)26-11-15-4-1-5-16(10-15)13-28-9-3-7-18(28)29/h1-2,4-6,8,10H,3,7,9,11-14H2,(H2,26,27,30). The number of pyridine rings is 1. The lowest BCUT2D eigenvalue weighted by Gasteiger charge is -2.16. The molecule has 0 bridgehead atoms. The van der Waals surface area contributed by atoms with Crippen LogP contribution < -0.4 is 15.4 Å². The number of hydrogen-bond donors (Lipinski definition) is 2. The Balaban J connectivity index is 1.48. The maximum absolute atomic E-state index is 12.4. The lowest BCUT2D eigenvalue weighted by atomic mass is 10.1. The molecule has 1 aliphatic heterocycles. The highest BCUT2D eigenvalue weighted by molar-refractivity contribution is 5.78. The van der Waals surface area contributed by atoms with Crippen molar-refractivity contribution in [3.63, 3.8) is 0 Å². The van der Waals surface area contributed by atoms with Crippen LogP contribution in [0.2, 0.25) is 0 Å². The van der Waals surface area contributed by atoms with Crippen LogP contribution in [0.1, 0.15) is 29.5 Å². The quantitative estimate of drug-likeness (QED) is 0.666. The fourth-order valence-corrected chi connectivity index (χ4v) is 3.19. The first-order chi connectivity index (χ1) is 14.8. The summed E-state index contributed by atoms with van der Waals surface area (Å²) in [7, 11) is 0. The Morgan fingerprint density at radius 1 is 1.13 bits per heavy atom. The third-order valence-electron chi connectivity index (χ3n) is 4.65. The van der Waals surface area contributed by atoms with Crippen LogP contribution in [0.5, 0.6) is 5.88 Å². The molecule has 1 fully saturated rings. The molecule has 0 atom stereocenters. The lowest BCUT2D eigenvalue weighted by Crippen LogP contribution is -2.34. The highest BCUT2D eigenvalue weighted by Gasteiger charge is 2.29. The van der Waals surface area contributed by atoms with Gasteiger partial charge in [-0.3, -0.25) is 4.79 Å². The Bertz CT molecular complexity index is 921. The Kier molecular flexibility index (Phi) is 7.32. The summed E-state index contributed by atoms with van der Waals surface area (Å²) in [5.74, 6) is -0.0267. The van der Waals surface area contributed by atoms with E-state index in [9.17, 15) is 22.8 Å². The number of aromatic nitrogens is 1. The van der Waals surface area contributed by atoms with E-state index in [1.165, 1.54) is 12.3 Å². The summed E-state index contributed by atoms with van der Waals surface area (Å²) in [6, 6.07) is 10.2. The second-order valence-electron chi connectivity index (χ2n) is 7.15. The van der Waals surface area contributed by atoms with E-state index in [1.54, 1.807) is 6.07 Å². The van der Waals surface area contributed by atoms with Crippen molar-refractivity contribution >= 4 is 11.9 Å². The molecule has 2 aromatic rings. The summed E-state index contributed by atoms with van der Waals surface area (Å²) in [6.07, 6.45) is -1.70. The largest absolute Gasteiger partial charge is 0.468 e. The van der Waals surface area contributed by atoms with E-state index >= 15 is 0 Å². The molecule has 2 N–H and O–H groups in total. The van der Waals surface area contributed by atoms with Gasteiger partial charge in [0.15, 0.2) is 6.61 Å². The molecule has 31 heavy (non-hydrogen) atoms. The zero-order chi connectivity index (χ0) is 22.3. The zero-order valence-electron chi connectivity index (χ0n) is 16.7. The highest BCUT2D eigenvalue weighted by Crippen LogP contribution is 2.20. The van der Waals surface area contributed by atoms with Crippen LogP contribution >= 0.6 is 0 Å². The number of ether oxygens (including phenoxy) is 1. The van der Waals surface area contributed by atoms with E-state index in [0.717, 1.165) is 24.1 Å². The first kappa shape index (κ1) is 22.4. The van der Waals surface area contributed by atoms with Crippen LogP contribution in [0, 0.1) is 0 Å². The molecule has 1 saturated heterocycles. The Labute approximate surface area is 177 Å². The SMILES string of the molecule is O=C(NCc1cccc(CN2CCCC2=O)c1)NCc1cccnc1OCC(F)(F)F. The second kappa shape index (κ2) is 10.1. The van der Waals surface area contributed by atoms with Gasteiger partial charge in [0.1, 0.15) is 0 Å². The molecule has 0 spiro atoms. The third-order valence-corrected chi connectivity index (χ3v) is 4.65. The molecule has 3 amide bonds. The van der Waals surface area contributed by atoms with Crippen molar-refractivity contribution in [1.82, 2.24) is 20.5 Å². The van der Waals surface area contributed by atoms with Gasteiger partial charge in [-0.05, 0) is 23.6 Å². The molecule has 0 saturated carbocycles. The maximum atomic E-state index is 12.4. The van der Waals surface area contributed by atoms with E-state index in [0.29, 0.717) is 18.5 Å². The van der Waals surface area contributed by atoms with Gasteiger partial charge in [-0.15, -0.1) is 0 Å². The van der Waals surface area contributed by atoms with Crippen molar-refractivity contribution < 1.29 is 27.5 Å². The molecule has 3 rings (SSSR count). The number of rotatable bonds is 8. The zero-order valence-corrected chi connectivity index (χ0v) is 16.7. The number of halogens is 3. The smallest absolute Gasteiger partial charge is 0.422 e. The Morgan fingerprint density at radius 2 is 1.90 bits per heavy atom. The number of likely N-dealkylation sites (tertiary alicyclic amines) is 1. The van der Waals surface area contributed by atoms with Crippen molar-refractivity contribution in [3.8, 4) is 5.88 Å². The molecule has 166 valence electrons. The third kappa shape index (κ3) is 7.16. The van der Waals surface area contributed by atoms with E-state index in [2.05, 4.69) is 15.6 Å². The molecule has 0 radical (unpaired) electrons. The van der Waals surface area contributed by atoms with Crippen LogP contribution in [0.4, 0.5) is 18.0 Å². The van der Waals surface area contributed by atoms with E-state index in [-0.39, 0.29) is 24.9 Å². The van der Waals surface area contributed by atoms with Crippen LogP contribution in [-0.4, -0.2) is 41.2 Å². The second-order valence-corrected chi connectivity index (χ2v) is 7.15. The van der Waals surface area contributed by atoms with E-state index in [1.807, 2.05) is 29.2 Å². The average molecular weight is 436 g/mol. The summed E-state index contributed by atoms with van der Waals surface area (Å²) in [6.45, 7) is 0.0674. The van der Waals surface area contributed by atoms with E-state index in [4.69, 9.17) is 4.74 Å². The first-order valence-corrected chi connectivity index (χ1v) is 9.81. The van der Waals surface area contributed by atoms with Gasteiger partial charge >= 0.3 is 12.2 Å². The van der Waals surface area contributed by atoms with Gasteiger partial charge in [-0.2, -0.15) is 13.2 Å². The molecule has 0 unspecified atom stereocenters. The molecule has 2 heterocycles. The van der Waals surface area contributed by atoms with Gasteiger partial charge < -0.3 is 20.3 Å². The fraction of sp³-hybridized carbons (Fsp3) is 0.381. The van der Waals surface area contributed by atoms with Crippen LogP contribution in [0.3, 0.4) is 0 Å². The Hall–Kier alpha value is -3.30. The minimum atomic E-state index is -4.48. The fourth-order valence-electron chi connectivity index (χ4n) is 3.19. The summed E-state index contributed by atoms with van der Waals surface area (Å²) < 4.78 is 41.8. The highest BCUT2D eigenvalue weighted by atomic mass is 19.4. The summed E-state index contributed by atoms with van der Waals surface area (Å²) in [5, 5.41) is 5.28. The molecule has 1 aliphatic rings. The predicted octanol–water partition coefficient (Wildman–Crippen LogP) is 3.14. The maximum Gasteiger partial charge on any atom is 0.422 e. The number of nitrogens with one attached hydrogen (secondary N) is 2. The molecule has 1 aromatic heterocycles. The lowest BCUT2D eigenvalue weighted by molar-refractivity contribution is -0.154. The van der Waals surface area contributed by atoms with Gasteiger partial charge in [-0.25, -0.2) is 9.78 Å². The van der Waals surface area contributed by atoms with Gasteiger partial charge in [0.2, 0.25) is 11.8 Å². The van der Waals surface area contributed by atoms with Crippen molar-refractivity contribution in [2.45, 2.75) is 38.7 Å². The number of carbonyl (C=O) groups excluding carboxylic acids is 2. The molecule has 10 heteroatoms. The minimum Gasteiger partial charge on any atom is -0.468 e. The summed E-state index contributed by atoms with van der Waals surface area (Å²) in [4.78, 5) is 29.5. The van der Waals surface area contributed by atoms with Crippen LogP contribution in [-0.2, 0) is 24.4 Å². The van der Waals surface area contributed by atoms with Gasteiger partial charge in [0, 0.05) is 44.4 Å². The number of amides is 3. The van der Waals surface area contributed by atoms with Gasteiger partial charge in [0.25, 0.3) is 0 Å². The van der Waals surface area contributed by atoms with Crippen LogP contribution in [0.15, 0.2) is 42.6 Å².